The summed E-state index contributed by atoms with van der Waals surface area (Å²) in [4.78, 5) is 10.8. The van der Waals surface area contributed by atoms with Gasteiger partial charge in [-0.2, -0.15) is 13.9 Å². The van der Waals surface area contributed by atoms with Gasteiger partial charge in [-0.25, -0.2) is 9.48 Å². The molecule has 0 spiro atoms. The molecule has 1 heterocycles. The SMILES string of the molecule is O=C(O)c1cc(OC(F)F)n(-c2ccccc2)n1. The van der Waals surface area contributed by atoms with E-state index in [9.17, 15) is 13.6 Å². The first-order chi connectivity index (χ1) is 8.58. The van der Waals surface area contributed by atoms with Crippen molar-refractivity contribution in [3.63, 3.8) is 0 Å². The molecule has 0 amide bonds. The first-order valence-electron chi connectivity index (χ1n) is 4.91. The number of alkyl halides is 2. The van der Waals surface area contributed by atoms with Gasteiger partial charge in [0.05, 0.1) is 5.69 Å². The number of halogens is 2. The quantitative estimate of drug-likeness (QED) is 0.908. The summed E-state index contributed by atoms with van der Waals surface area (Å²) >= 11 is 0. The third-order valence-corrected chi connectivity index (χ3v) is 2.11. The molecule has 0 saturated heterocycles. The van der Waals surface area contributed by atoms with E-state index >= 15 is 0 Å². The van der Waals surface area contributed by atoms with Crippen LogP contribution in [0.5, 0.6) is 5.88 Å². The van der Waals surface area contributed by atoms with E-state index in [4.69, 9.17) is 5.11 Å². The fraction of sp³-hybridized carbons (Fsp3) is 0.0909. The van der Waals surface area contributed by atoms with Crippen LogP contribution in [0.2, 0.25) is 0 Å². The molecule has 0 fully saturated rings. The molecular weight excluding hydrogens is 246 g/mol. The minimum atomic E-state index is -3.05. The zero-order valence-corrected chi connectivity index (χ0v) is 8.96. The number of rotatable bonds is 4. The summed E-state index contributed by atoms with van der Waals surface area (Å²) in [7, 11) is 0. The second kappa shape index (κ2) is 4.82. The van der Waals surface area contributed by atoms with E-state index in [1.54, 1.807) is 30.3 Å². The summed E-state index contributed by atoms with van der Waals surface area (Å²) in [5, 5.41) is 12.5. The third kappa shape index (κ3) is 2.45. The highest BCUT2D eigenvalue weighted by Crippen LogP contribution is 2.21. The molecule has 0 unspecified atom stereocenters. The van der Waals surface area contributed by atoms with E-state index in [0.717, 1.165) is 10.7 Å². The number of carbonyl (C=O) groups is 1. The number of hydrogen-bond acceptors (Lipinski definition) is 3. The Bertz CT molecular complexity index is 555. The van der Waals surface area contributed by atoms with E-state index < -0.39 is 12.6 Å². The number of benzene rings is 1. The van der Waals surface area contributed by atoms with E-state index in [-0.39, 0.29) is 11.6 Å². The van der Waals surface area contributed by atoms with Crippen molar-refractivity contribution in [3.8, 4) is 11.6 Å². The second-order valence-electron chi connectivity index (χ2n) is 3.30. The van der Waals surface area contributed by atoms with Crippen LogP contribution in [0.25, 0.3) is 5.69 Å². The average Bonchev–Trinajstić information content (AvgIpc) is 2.73. The Morgan fingerprint density at radius 2 is 2.00 bits per heavy atom. The fourth-order valence-electron chi connectivity index (χ4n) is 1.40. The molecule has 0 saturated carbocycles. The van der Waals surface area contributed by atoms with Crippen LogP contribution in [0.4, 0.5) is 8.78 Å². The van der Waals surface area contributed by atoms with Crippen molar-refractivity contribution in [1.29, 1.82) is 0 Å². The Balaban J connectivity index is 2.47. The smallest absolute Gasteiger partial charge is 0.388 e. The normalized spacial score (nSPS) is 10.6. The Hall–Kier alpha value is -2.44. The lowest BCUT2D eigenvalue weighted by atomic mass is 10.3. The molecule has 1 aromatic heterocycles. The zero-order chi connectivity index (χ0) is 13.1. The van der Waals surface area contributed by atoms with Crippen LogP contribution in [0.15, 0.2) is 36.4 Å². The molecule has 0 aliphatic carbocycles. The summed E-state index contributed by atoms with van der Waals surface area (Å²) < 4.78 is 29.7. The van der Waals surface area contributed by atoms with Crippen LogP contribution in [0.3, 0.4) is 0 Å². The predicted octanol–water partition coefficient (Wildman–Crippen LogP) is 2.17. The fourth-order valence-corrected chi connectivity index (χ4v) is 1.40. The van der Waals surface area contributed by atoms with Gasteiger partial charge in [-0.3, -0.25) is 0 Å². The maximum Gasteiger partial charge on any atom is 0.388 e. The molecule has 7 heteroatoms. The maximum absolute atomic E-state index is 12.2. The van der Waals surface area contributed by atoms with E-state index in [1.807, 2.05) is 0 Å². The Kier molecular flexibility index (Phi) is 3.22. The summed E-state index contributed by atoms with van der Waals surface area (Å²) in [6.07, 6.45) is 0. The van der Waals surface area contributed by atoms with Crippen LogP contribution < -0.4 is 4.74 Å². The molecule has 18 heavy (non-hydrogen) atoms. The minimum Gasteiger partial charge on any atom is -0.476 e. The van der Waals surface area contributed by atoms with Gasteiger partial charge in [-0.05, 0) is 12.1 Å². The van der Waals surface area contributed by atoms with Gasteiger partial charge in [0.15, 0.2) is 5.69 Å². The van der Waals surface area contributed by atoms with Gasteiger partial charge in [0.25, 0.3) is 0 Å². The van der Waals surface area contributed by atoms with Gasteiger partial charge in [0, 0.05) is 6.07 Å². The van der Waals surface area contributed by atoms with Crippen LogP contribution in [-0.2, 0) is 0 Å². The van der Waals surface area contributed by atoms with Gasteiger partial charge in [-0.15, -0.1) is 0 Å². The number of carboxylic acids is 1. The molecule has 0 bridgehead atoms. The molecule has 0 aliphatic rings. The number of ether oxygens (including phenoxy) is 1. The Labute approximate surface area is 100 Å². The number of aromatic carboxylic acids is 1. The second-order valence-corrected chi connectivity index (χ2v) is 3.30. The summed E-state index contributed by atoms with van der Waals surface area (Å²) in [5.41, 5.74) is 0.0650. The standard InChI is InChI=1S/C11H8F2N2O3/c12-11(13)18-9-6-8(10(16)17)14-15(9)7-4-2-1-3-5-7/h1-6,11H,(H,16,17). The number of carboxylic acid groups (broad SMARTS) is 1. The van der Waals surface area contributed by atoms with Crippen molar-refractivity contribution < 1.29 is 23.4 Å². The summed E-state index contributed by atoms with van der Waals surface area (Å²) in [5.74, 6) is -1.64. The largest absolute Gasteiger partial charge is 0.476 e. The van der Waals surface area contributed by atoms with Crippen molar-refractivity contribution in [2.75, 3.05) is 0 Å². The third-order valence-electron chi connectivity index (χ3n) is 2.11. The molecule has 0 radical (unpaired) electrons. The molecule has 1 N–H and O–H groups in total. The molecule has 94 valence electrons. The average molecular weight is 254 g/mol. The summed E-state index contributed by atoms with van der Waals surface area (Å²) in [6, 6.07) is 9.21. The van der Waals surface area contributed by atoms with E-state index in [2.05, 4.69) is 9.84 Å². The minimum absolute atomic E-state index is 0.325. The van der Waals surface area contributed by atoms with Gasteiger partial charge >= 0.3 is 12.6 Å². The van der Waals surface area contributed by atoms with Gasteiger partial charge in [0.1, 0.15) is 0 Å². The first-order valence-corrected chi connectivity index (χ1v) is 4.91. The van der Waals surface area contributed by atoms with Crippen molar-refractivity contribution in [2.24, 2.45) is 0 Å². The highest BCUT2D eigenvalue weighted by Gasteiger charge is 2.18. The Morgan fingerprint density at radius 1 is 1.33 bits per heavy atom. The highest BCUT2D eigenvalue weighted by molar-refractivity contribution is 5.85. The lowest BCUT2D eigenvalue weighted by molar-refractivity contribution is -0.0544. The first kappa shape index (κ1) is 12.0. The van der Waals surface area contributed by atoms with E-state index in [0.29, 0.717) is 5.69 Å². The van der Waals surface area contributed by atoms with Crippen LogP contribution in [0, 0.1) is 0 Å². The molecule has 0 aliphatic heterocycles. The molecule has 2 aromatic rings. The number of hydrogen-bond donors (Lipinski definition) is 1. The number of aromatic nitrogens is 2. The van der Waals surface area contributed by atoms with Crippen molar-refractivity contribution in [1.82, 2.24) is 9.78 Å². The van der Waals surface area contributed by atoms with Crippen LogP contribution in [0.1, 0.15) is 10.5 Å². The van der Waals surface area contributed by atoms with Crippen molar-refractivity contribution in [3.05, 3.63) is 42.1 Å². The molecule has 2 rings (SSSR count). The van der Waals surface area contributed by atoms with Crippen LogP contribution in [-0.4, -0.2) is 27.5 Å². The molecule has 0 atom stereocenters. The lowest BCUT2D eigenvalue weighted by Crippen LogP contribution is -2.07. The predicted molar refractivity (Wildman–Crippen MR) is 57.2 cm³/mol. The topological polar surface area (TPSA) is 64.3 Å². The Morgan fingerprint density at radius 3 is 2.56 bits per heavy atom. The maximum atomic E-state index is 12.2. The van der Waals surface area contributed by atoms with Gasteiger partial charge in [0.2, 0.25) is 5.88 Å². The monoisotopic (exact) mass is 254 g/mol. The van der Waals surface area contributed by atoms with Crippen molar-refractivity contribution in [2.45, 2.75) is 6.61 Å². The van der Waals surface area contributed by atoms with E-state index in [1.165, 1.54) is 0 Å². The number of para-hydroxylation sites is 1. The molecular formula is C11H8F2N2O3. The van der Waals surface area contributed by atoms with Gasteiger partial charge in [-0.1, -0.05) is 18.2 Å². The zero-order valence-electron chi connectivity index (χ0n) is 8.96. The number of nitrogens with zero attached hydrogens (tertiary/aromatic N) is 2. The molecule has 1 aromatic carbocycles. The van der Waals surface area contributed by atoms with Gasteiger partial charge < -0.3 is 9.84 Å². The lowest BCUT2D eigenvalue weighted by Gasteiger charge is -2.07. The summed E-state index contributed by atoms with van der Waals surface area (Å²) in [6.45, 7) is -3.05. The molecule has 5 nitrogen and oxygen atoms in total. The van der Waals surface area contributed by atoms with Crippen molar-refractivity contribution >= 4 is 5.97 Å². The highest BCUT2D eigenvalue weighted by atomic mass is 19.3. The van der Waals surface area contributed by atoms with Crippen LogP contribution >= 0.6 is 0 Å².